The molecule has 0 aliphatic heterocycles. The Bertz CT molecular complexity index is 767. The van der Waals surface area contributed by atoms with Crippen LogP contribution in [0.3, 0.4) is 0 Å². The van der Waals surface area contributed by atoms with E-state index in [0.29, 0.717) is 12.4 Å². The van der Waals surface area contributed by atoms with Gasteiger partial charge in [-0.2, -0.15) is 5.26 Å². The van der Waals surface area contributed by atoms with Crippen molar-refractivity contribution in [2.24, 2.45) is 0 Å². The van der Waals surface area contributed by atoms with E-state index in [1.807, 2.05) is 36.4 Å². The highest BCUT2D eigenvalue weighted by Crippen LogP contribution is 2.13. The number of nitriles is 1. The van der Waals surface area contributed by atoms with Gasteiger partial charge in [-0.15, -0.1) is 0 Å². The number of alkyl carbamates (subject to hydrolysis) is 1. The molecule has 136 valence electrons. The number of carbonyl (C=O) groups excluding carboxylic acids is 1. The number of hydrogen-bond acceptors (Lipinski definition) is 7. The van der Waals surface area contributed by atoms with Crippen molar-refractivity contribution in [2.45, 2.75) is 12.6 Å². The number of anilines is 1. The molecule has 0 unspecified atom stereocenters. The smallest absolute Gasteiger partial charge is 0.407 e. The molecule has 0 aliphatic carbocycles. The number of rotatable bonds is 8. The van der Waals surface area contributed by atoms with E-state index in [2.05, 4.69) is 20.6 Å². The first kappa shape index (κ1) is 19.4. The van der Waals surface area contributed by atoms with Crippen molar-refractivity contribution in [3.63, 3.8) is 0 Å². The van der Waals surface area contributed by atoms with E-state index < -0.39 is 6.09 Å². The Labute approximate surface area is 156 Å². The second-order valence-corrected chi connectivity index (χ2v) is 5.60. The maximum atomic E-state index is 11.8. The number of carbonyl (C=O) groups is 1. The zero-order valence-electron chi connectivity index (χ0n) is 14.1. The van der Waals surface area contributed by atoms with Gasteiger partial charge in [-0.1, -0.05) is 41.9 Å². The molecule has 0 spiro atoms. The summed E-state index contributed by atoms with van der Waals surface area (Å²) in [5.74, 6) is 0.371. The van der Waals surface area contributed by atoms with Crippen LogP contribution >= 0.6 is 11.6 Å². The van der Waals surface area contributed by atoms with Gasteiger partial charge in [0.2, 0.25) is 0 Å². The Morgan fingerprint density at radius 2 is 2.15 bits per heavy atom. The van der Waals surface area contributed by atoms with Gasteiger partial charge < -0.3 is 20.1 Å². The van der Waals surface area contributed by atoms with Crippen LogP contribution in [0.15, 0.2) is 36.5 Å². The summed E-state index contributed by atoms with van der Waals surface area (Å²) >= 11 is 5.86. The van der Waals surface area contributed by atoms with Crippen molar-refractivity contribution in [3.05, 3.63) is 52.9 Å². The minimum absolute atomic E-state index is 0.00361. The fourth-order valence-corrected chi connectivity index (χ4v) is 2.24. The molecule has 0 aliphatic rings. The zero-order chi connectivity index (χ0) is 18.8. The van der Waals surface area contributed by atoms with Crippen LogP contribution < -0.4 is 10.6 Å². The van der Waals surface area contributed by atoms with E-state index in [0.717, 1.165) is 5.56 Å². The largest absolute Gasteiger partial charge is 0.445 e. The number of methoxy groups -OCH3 is 1. The lowest BCUT2D eigenvalue weighted by atomic mass is 10.2. The maximum absolute atomic E-state index is 11.8. The van der Waals surface area contributed by atoms with Crippen LogP contribution in [0.2, 0.25) is 5.15 Å². The lowest BCUT2D eigenvalue weighted by Crippen LogP contribution is -2.39. The number of ether oxygens (including phenoxy) is 2. The quantitative estimate of drug-likeness (QED) is 0.728. The van der Waals surface area contributed by atoms with Gasteiger partial charge in [-0.05, 0) is 5.56 Å². The van der Waals surface area contributed by atoms with Crippen molar-refractivity contribution in [1.82, 2.24) is 15.3 Å². The highest BCUT2D eigenvalue weighted by Gasteiger charge is 2.13. The molecule has 1 aromatic carbocycles. The normalized spacial score (nSPS) is 11.3. The van der Waals surface area contributed by atoms with Crippen molar-refractivity contribution < 1.29 is 14.3 Å². The predicted molar refractivity (Wildman–Crippen MR) is 95.7 cm³/mol. The third-order valence-corrected chi connectivity index (χ3v) is 3.52. The molecule has 1 heterocycles. The highest BCUT2D eigenvalue weighted by molar-refractivity contribution is 6.30. The predicted octanol–water partition coefficient (Wildman–Crippen LogP) is 2.35. The third kappa shape index (κ3) is 6.20. The van der Waals surface area contributed by atoms with E-state index >= 15 is 0 Å². The standard InChI is InChI=1S/C17H18ClN5O3/c1-25-11-13(22-15-9-20-14(7-19)16(18)23-15)8-21-17(24)26-10-12-5-3-2-4-6-12/h2-6,9,13H,8,10-11H2,1H3,(H,21,24)(H,22,23)/t13-/m1/s1. The first-order chi connectivity index (χ1) is 12.6. The van der Waals surface area contributed by atoms with E-state index in [9.17, 15) is 4.79 Å². The van der Waals surface area contributed by atoms with Gasteiger partial charge in [0.1, 0.15) is 18.5 Å². The molecule has 1 aromatic heterocycles. The average Bonchev–Trinajstić information content (AvgIpc) is 2.65. The van der Waals surface area contributed by atoms with Crippen molar-refractivity contribution in [3.8, 4) is 6.07 Å². The summed E-state index contributed by atoms with van der Waals surface area (Å²) in [6.45, 7) is 0.727. The fourth-order valence-electron chi connectivity index (χ4n) is 2.05. The molecule has 0 radical (unpaired) electrons. The molecule has 0 saturated carbocycles. The van der Waals surface area contributed by atoms with Crippen LogP contribution in [-0.4, -0.2) is 42.4 Å². The van der Waals surface area contributed by atoms with E-state index in [1.54, 1.807) is 7.11 Å². The number of hydrogen-bond donors (Lipinski definition) is 2. The van der Waals surface area contributed by atoms with Crippen LogP contribution in [0.4, 0.5) is 10.6 Å². The summed E-state index contributed by atoms with van der Waals surface area (Å²) in [4.78, 5) is 19.8. The average molecular weight is 376 g/mol. The van der Waals surface area contributed by atoms with Gasteiger partial charge in [0.05, 0.1) is 18.8 Å². The van der Waals surface area contributed by atoms with Crippen LogP contribution in [0.25, 0.3) is 0 Å². The third-order valence-electron chi connectivity index (χ3n) is 3.26. The molecule has 0 bridgehead atoms. The zero-order valence-corrected chi connectivity index (χ0v) is 14.9. The highest BCUT2D eigenvalue weighted by atomic mass is 35.5. The number of aromatic nitrogens is 2. The first-order valence-electron chi connectivity index (χ1n) is 7.75. The topological polar surface area (TPSA) is 109 Å². The van der Waals surface area contributed by atoms with Crippen LogP contribution in [0.1, 0.15) is 11.3 Å². The molecule has 9 heteroatoms. The number of halogens is 1. The monoisotopic (exact) mass is 375 g/mol. The van der Waals surface area contributed by atoms with Crippen LogP contribution in [0.5, 0.6) is 0 Å². The van der Waals surface area contributed by atoms with Gasteiger partial charge in [-0.25, -0.2) is 14.8 Å². The summed E-state index contributed by atoms with van der Waals surface area (Å²) < 4.78 is 10.3. The second-order valence-electron chi connectivity index (χ2n) is 5.25. The van der Waals surface area contributed by atoms with Gasteiger partial charge >= 0.3 is 6.09 Å². The molecule has 8 nitrogen and oxygen atoms in total. The number of nitrogens with one attached hydrogen (secondary N) is 2. The molecule has 0 saturated heterocycles. The van der Waals surface area contributed by atoms with Crippen molar-refractivity contribution >= 4 is 23.5 Å². The Morgan fingerprint density at radius 1 is 1.38 bits per heavy atom. The number of amides is 1. The minimum atomic E-state index is -0.541. The molecule has 2 rings (SSSR count). The van der Waals surface area contributed by atoms with E-state index in [4.69, 9.17) is 26.3 Å². The first-order valence-corrected chi connectivity index (χ1v) is 8.13. The lowest BCUT2D eigenvalue weighted by Gasteiger charge is -2.19. The number of nitrogens with zero attached hydrogens (tertiary/aromatic N) is 3. The van der Waals surface area contributed by atoms with Crippen molar-refractivity contribution in [1.29, 1.82) is 5.26 Å². The molecule has 2 N–H and O–H groups in total. The molecular formula is C17H18ClN5O3. The molecular weight excluding hydrogens is 358 g/mol. The van der Waals surface area contributed by atoms with Crippen molar-refractivity contribution in [2.75, 3.05) is 25.6 Å². The molecule has 26 heavy (non-hydrogen) atoms. The summed E-state index contributed by atoms with van der Waals surface area (Å²) in [5.41, 5.74) is 0.944. The van der Waals surface area contributed by atoms with Gasteiger partial charge in [0, 0.05) is 13.7 Å². The summed E-state index contributed by atoms with van der Waals surface area (Å²) in [6.07, 6.45) is 0.849. The Morgan fingerprint density at radius 3 is 2.81 bits per heavy atom. The molecule has 1 amide bonds. The summed E-state index contributed by atoms with van der Waals surface area (Å²) in [6, 6.07) is 10.9. The number of benzene rings is 1. The van der Waals surface area contributed by atoms with Crippen LogP contribution in [-0.2, 0) is 16.1 Å². The Balaban J connectivity index is 1.84. The molecule has 1 atom stereocenters. The van der Waals surface area contributed by atoms with Gasteiger partial charge in [0.15, 0.2) is 10.8 Å². The van der Waals surface area contributed by atoms with E-state index in [1.165, 1.54) is 6.20 Å². The van der Waals surface area contributed by atoms with Gasteiger partial charge in [0.25, 0.3) is 0 Å². The van der Waals surface area contributed by atoms with E-state index in [-0.39, 0.29) is 30.0 Å². The summed E-state index contributed by atoms with van der Waals surface area (Å²) in [5, 5.41) is 14.5. The molecule has 0 fully saturated rings. The second kappa shape index (κ2) is 10.2. The molecule has 2 aromatic rings. The SMILES string of the molecule is COC[C@@H](CNC(=O)OCc1ccccc1)Nc1cnc(C#N)c(Cl)n1. The lowest BCUT2D eigenvalue weighted by molar-refractivity contribution is 0.136. The Hall–Kier alpha value is -2.89. The maximum Gasteiger partial charge on any atom is 0.407 e. The Kier molecular flexibility index (Phi) is 7.61. The minimum Gasteiger partial charge on any atom is -0.445 e. The van der Waals surface area contributed by atoms with Gasteiger partial charge in [-0.3, -0.25) is 0 Å². The van der Waals surface area contributed by atoms with Crippen LogP contribution in [0, 0.1) is 11.3 Å². The summed E-state index contributed by atoms with van der Waals surface area (Å²) in [7, 11) is 1.54. The fraction of sp³-hybridized carbons (Fsp3) is 0.294.